The van der Waals surface area contributed by atoms with Crippen LogP contribution < -0.4 is 4.89 Å². The summed E-state index contributed by atoms with van der Waals surface area (Å²) >= 11 is 1.84. The minimum Gasteiger partial charge on any atom is -0.606 e. The molecule has 0 aliphatic carbocycles. The smallest absolute Gasteiger partial charge is 0.377 e. The van der Waals surface area contributed by atoms with Gasteiger partial charge in [0, 0.05) is 12.4 Å². The standard InChI is InChI=1S/C26H56NO5PS/c1-6-8-9-10-11-12-13-14-15-16-17-18-19-20-23-34-25-26(30-7-2)24-32-33(28,29)31-22-21-27(3,4)5/h26H,6-25H2,1-5H3/p+1/t26-/m1/s1. The van der Waals surface area contributed by atoms with Crippen molar-refractivity contribution in [1.82, 2.24) is 0 Å². The molecule has 34 heavy (non-hydrogen) atoms. The Bertz CT molecular complexity index is 438. The summed E-state index contributed by atoms with van der Waals surface area (Å²) in [5, 5.41) is 0. The average Bonchev–Trinajstić information content (AvgIpc) is 2.76. The van der Waals surface area contributed by atoms with Crippen LogP contribution in [0, 0.1) is 0 Å². The van der Waals surface area contributed by atoms with E-state index in [1.807, 2.05) is 39.8 Å². The molecule has 1 unspecified atom stereocenters. The molecule has 0 saturated carbocycles. The monoisotopic (exact) mass is 526 g/mol. The van der Waals surface area contributed by atoms with E-state index in [2.05, 4.69) is 6.92 Å². The van der Waals surface area contributed by atoms with Gasteiger partial charge in [-0.2, -0.15) is 25.7 Å². The molecule has 0 fully saturated rings. The van der Waals surface area contributed by atoms with Crippen LogP contribution in [0.15, 0.2) is 0 Å². The Labute approximate surface area is 216 Å². The number of phosphoric ester groups is 1. The molecule has 0 bridgehead atoms. The quantitative estimate of drug-likeness (QED) is 0.0802. The van der Waals surface area contributed by atoms with Crippen LogP contribution in [-0.2, 0) is 13.8 Å². The van der Waals surface area contributed by atoms with Gasteiger partial charge in [-0.1, -0.05) is 90.4 Å². The Morgan fingerprint density at radius 3 is 1.76 bits per heavy atom. The zero-order valence-corrected chi connectivity index (χ0v) is 24.8. The fraction of sp³-hybridized carbons (Fsp3) is 1.00. The topological polar surface area (TPSA) is 71.0 Å². The molecule has 8 heteroatoms. The fourth-order valence-corrected chi connectivity index (χ4v) is 5.41. The van der Waals surface area contributed by atoms with Gasteiger partial charge in [0.05, 0.1) is 27.2 Å². The van der Waals surface area contributed by atoms with Crippen LogP contribution in [0.25, 0.3) is 0 Å². The van der Waals surface area contributed by atoms with Crippen LogP contribution in [-0.4, -0.2) is 74.5 Å². The molecule has 0 spiro atoms. The summed E-state index contributed by atoms with van der Waals surface area (Å²) in [4.78, 5) is 22.0. The summed E-state index contributed by atoms with van der Waals surface area (Å²) in [7, 11) is 1.99. The summed E-state index contributed by atoms with van der Waals surface area (Å²) in [6.45, 7) is 5.67. The fourth-order valence-electron chi connectivity index (χ4n) is 3.64. The van der Waals surface area contributed by atoms with E-state index in [1.165, 1.54) is 89.9 Å². The van der Waals surface area contributed by atoms with Crippen molar-refractivity contribution in [3.63, 3.8) is 0 Å². The normalized spacial score (nSPS) is 14.9. The van der Waals surface area contributed by atoms with E-state index in [0.717, 1.165) is 11.5 Å². The molecular formula is C26H57NO5PS+. The van der Waals surface area contributed by atoms with Crippen molar-refractivity contribution in [3.05, 3.63) is 0 Å². The molecule has 0 amide bonds. The third-order valence-electron chi connectivity index (χ3n) is 5.79. The number of phosphoric acid groups is 1. The van der Waals surface area contributed by atoms with Crippen LogP contribution in [0.4, 0.5) is 0 Å². The van der Waals surface area contributed by atoms with Crippen molar-refractivity contribution >= 4 is 19.9 Å². The first kappa shape index (κ1) is 34.5. The number of ether oxygens (including phenoxy) is 1. The molecule has 0 aromatic carbocycles. The Morgan fingerprint density at radius 2 is 1.29 bits per heavy atom. The van der Waals surface area contributed by atoms with Gasteiger partial charge in [-0.15, -0.1) is 0 Å². The molecule has 6 nitrogen and oxygen atoms in total. The number of hydrogen-bond donors (Lipinski definition) is 1. The van der Waals surface area contributed by atoms with Crippen molar-refractivity contribution in [2.45, 2.75) is 110 Å². The maximum absolute atomic E-state index is 12.1. The van der Waals surface area contributed by atoms with Gasteiger partial charge in [-0.3, -0.25) is 0 Å². The van der Waals surface area contributed by atoms with Gasteiger partial charge < -0.3 is 14.1 Å². The number of thioether (sulfide) groups is 1. The molecular weight excluding hydrogens is 469 g/mol. The summed E-state index contributed by atoms with van der Waals surface area (Å²) in [6.07, 6.45) is 19.0. The summed E-state index contributed by atoms with van der Waals surface area (Å²) in [6, 6.07) is 0. The Kier molecular flexibility index (Phi) is 23.1. The summed E-state index contributed by atoms with van der Waals surface area (Å²) < 4.78 is 16.6. The SMILES string of the molecule is CCCCCCCCCCCCCCCCSC[C@@H](CO[P+]([O-])(O)OCC[N+](C)(C)C)OCC. The zero-order chi connectivity index (χ0) is 25.5. The van der Waals surface area contributed by atoms with Gasteiger partial charge in [0.1, 0.15) is 19.8 Å². The molecule has 0 saturated heterocycles. The number of quaternary nitrogens is 1. The van der Waals surface area contributed by atoms with Crippen molar-refractivity contribution < 1.29 is 28.1 Å². The van der Waals surface area contributed by atoms with E-state index < -0.39 is 8.17 Å². The van der Waals surface area contributed by atoms with Crippen molar-refractivity contribution in [1.29, 1.82) is 0 Å². The molecule has 0 rings (SSSR count). The predicted octanol–water partition coefficient (Wildman–Crippen LogP) is 6.38. The van der Waals surface area contributed by atoms with Gasteiger partial charge in [0.2, 0.25) is 0 Å². The van der Waals surface area contributed by atoms with Gasteiger partial charge in [0.25, 0.3) is 0 Å². The van der Waals surface area contributed by atoms with E-state index in [1.54, 1.807) is 0 Å². The Balaban J connectivity index is 3.64. The highest BCUT2D eigenvalue weighted by molar-refractivity contribution is 7.99. The zero-order valence-electron chi connectivity index (χ0n) is 23.1. The first-order valence-electron chi connectivity index (χ1n) is 13.8. The molecule has 0 aliphatic heterocycles. The van der Waals surface area contributed by atoms with E-state index in [9.17, 15) is 9.79 Å². The Hall–Kier alpha value is 0.540. The lowest BCUT2D eigenvalue weighted by molar-refractivity contribution is -0.870. The Morgan fingerprint density at radius 1 is 0.794 bits per heavy atom. The first-order chi connectivity index (χ1) is 16.2. The second-order valence-corrected chi connectivity index (χ2v) is 13.0. The summed E-state index contributed by atoms with van der Waals surface area (Å²) in [5.74, 6) is 1.86. The maximum Gasteiger partial charge on any atom is 0.377 e. The largest absolute Gasteiger partial charge is 0.606 e. The van der Waals surface area contributed by atoms with Crippen LogP contribution in [0.2, 0.25) is 0 Å². The van der Waals surface area contributed by atoms with Gasteiger partial charge >= 0.3 is 8.17 Å². The molecule has 0 aromatic rings. The first-order valence-corrected chi connectivity index (χ1v) is 16.5. The predicted molar refractivity (Wildman–Crippen MR) is 147 cm³/mol. The molecule has 1 N–H and O–H groups in total. The number of nitrogens with zero attached hydrogens (tertiary/aromatic N) is 1. The second-order valence-electron chi connectivity index (χ2n) is 10.4. The lowest BCUT2D eigenvalue weighted by atomic mass is 10.0. The highest BCUT2D eigenvalue weighted by atomic mass is 32.2. The van der Waals surface area contributed by atoms with Gasteiger partial charge in [-0.05, 0) is 19.1 Å². The number of likely N-dealkylation sites (N-methyl/N-ethyl adjacent to an activating group) is 1. The van der Waals surface area contributed by atoms with Crippen LogP contribution in [0.1, 0.15) is 104 Å². The minimum atomic E-state index is -4.03. The summed E-state index contributed by atoms with van der Waals surface area (Å²) in [5.41, 5.74) is 0. The van der Waals surface area contributed by atoms with Gasteiger partial charge in [0.15, 0.2) is 0 Å². The van der Waals surface area contributed by atoms with Crippen LogP contribution in [0.5, 0.6) is 0 Å². The lowest BCUT2D eigenvalue weighted by Gasteiger charge is -2.26. The highest BCUT2D eigenvalue weighted by Crippen LogP contribution is 2.47. The highest BCUT2D eigenvalue weighted by Gasteiger charge is 2.30. The van der Waals surface area contributed by atoms with Crippen LogP contribution >= 0.6 is 19.9 Å². The van der Waals surface area contributed by atoms with Gasteiger partial charge in [-0.25, -0.2) is 0 Å². The third-order valence-corrected chi connectivity index (χ3v) is 7.96. The third kappa shape index (κ3) is 25.6. The molecule has 0 aliphatic rings. The van der Waals surface area contributed by atoms with E-state index in [-0.39, 0.29) is 19.3 Å². The molecule has 0 radical (unpaired) electrons. The number of rotatable bonds is 26. The minimum absolute atomic E-state index is 0.0811. The van der Waals surface area contributed by atoms with Crippen LogP contribution in [0.3, 0.4) is 0 Å². The molecule has 2 atom stereocenters. The maximum atomic E-state index is 12.1. The average molecular weight is 527 g/mol. The van der Waals surface area contributed by atoms with Crippen molar-refractivity contribution in [2.24, 2.45) is 0 Å². The van der Waals surface area contributed by atoms with E-state index >= 15 is 0 Å². The lowest BCUT2D eigenvalue weighted by Crippen LogP contribution is -2.38. The molecule has 0 aromatic heterocycles. The molecule has 206 valence electrons. The second kappa shape index (κ2) is 22.7. The number of hydrogen-bond acceptors (Lipinski definition) is 6. The van der Waals surface area contributed by atoms with Crippen molar-refractivity contribution in [3.8, 4) is 0 Å². The van der Waals surface area contributed by atoms with E-state index in [0.29, 0.717) is 17.6 Å². The van der Waals surface area contributed by atoms with E-state index in [4.69, 9.17) is 13.8 Å². The molecule has 0 heterocycles. The van der Waals surface area contributed by atoms with Crippen molar-refractivity contribution in [2.75, 3.05) is 59.0 Å². The number of unbranched alkanes of at least 4 members (excludes halogenated alkanes) is 13.